The van der Waals surface area contributed by atoms with Crippen LogP contribution < -0.4 is 5.32 Å². The number of aromatic nitrogens is 1. The quantitative estimate of drug-likeness (QED) is 0.810. The van der Waals surface area contributed by atoms with E-state index in [1.54, 1.807) is 11.8 Å². The van der Waals surface area contributed by atoms with Gasteiger partial charge in [0.05, 0.1) is 22.4 Å². The van der Waals surface area contributed by atoms with E-state index in [0.717, 1.165) is 9.90 Å². The molecule has 96 valence electrons. The number of aliphatic hydroxyl groups excluding tert-OH is 1. The van der Waals surface area contributed by atoms with Crippen molar-refractivity contribution in [3.05, 3.63) is 5.69 Å². The van der Waals surface area contributed by atoms with Gasteiger partial charge in [0, 0.05) is 0 Å². The van der Waals surface area contributed by atoms with Crippen LogP contribution in [-0.2, 0) is 4.79 Å². The van der Waals surface area contributed by atoms with E-state index >= 15 is 0 Å². The Labute approximate surface area is 110 Å². The van der Waals surface area contributed by atoms with Gasteiger partial charge in [-0.3, -0.25) is 4.79 Å². The number of anilines is 1. The second kappa shape index (κ2) is 6.37. The van der Waals surface area contributed by atoms with Crippen LogP contribution >= 0.6 is 23.1 Å². The third-order valence-electron chi connectivity index (χ3n) is 2.35. The molecule has 0 aliphatic carbocycles. The Morgan fingerprint density at radius 3 is 2.71 bits per heavy atom. The summed E-state index contributed by atoms with van der Waals surface area (Å²) in [4.78, 5) is 15.9. The summed E-state index contributed by atoms with van der Waals surface area (Å²) in [6.45, 7) is 5.69. The largest absolute Gasteiger partial charge is 0.392 e. The van der Waals surface area contributed by atoms with Crippen LogP contribution in [0.15, 0.2) is 4.21 Å². The number of carbonyl (C=O) groups excluding carboxylic acids is 1. The van der Waals surface area contributed by atoms with Crippen molar-refractivity contribution in [2.75, 3.05) is 11.6 Å². The number of hydrogen-bond donors (Lipinski definition) is 2. The Kier molecular flexibility index (Phi) is 5.42. The Balaban J connectivity index is 2.56. The van der Waals surface area contributed by atoms with Crippen molar-refractivity contribution in [3.63, 3.8) is 0 Å². The zero-order valence-electron chi connectivity index (χ0n) is 10.5. The second-order valence-corrected chi connectivity index (χ2v) is 6.23. The lowest BCUT2D eigenvalue weighted by molar-refractivity contribution is -0.118. The first-order valence-electron chi connectivity index (χ1n) is 5.43. The molecule has 0 aliphatic rings. The van der Waals surface area contributed by atoms with Gasteiger partial charge in [-0.15, -0.1) is 11.8 Å². The van der Waals surface area contributed by atoms with Gasteiger partial charge in [0.2, 0.25) is 5.91 Å². The fourth-order valence-corrected chi connectivity index (χ4v) is 2.85. The van der Waals surface area contributed by atoms with Crippen molar-refractivity contribution in [3.8, 4) is 0 Å². The Morgan fingerprint density at radius 1 is 1.59 bits per heavy atom. The smallest absolute Gasteiger partial charge is 0.228 e. The van der Waals surface area contributed by atoms with Crippen LogP contribution in [0.25, 0.3) is 0 Å². The number of nitrogens with one attached hydrogen (secondary N) is 1. The van der Waals surface area contributed by atoms with Gasteiger partial charge in [-0.2, -0.15) is 0 Å². The molecule has 0 radical (unpaired) electrons. The predicted octanol–water partition coefficient (Wildman–Crippen LogP) is 2.52. The summed E-state index contributed by atoms with van der Waals surface area (Å²) in [6, 6.07) is 0. The first-order valence-corrected chi connectivity index (χ1v) is 7.47. The molecule has 0 saturated heterocycles. The van der Waals surface area contributed by atoms with Crippen molar-refractivity contribution in [2.24, 2.45) is 5.92 Å². The van der Waals surface area contributed by atoms with Crippen LogP contribution in [0.3, 0.4) is 0 Å². The zero-order valence-corrected chi connectivity index (χ0v) is 12.1. The van der Waals surface area contributed by atoms with E-state index in [4.69, 9.17) is 0 Å². The molecule has 1 heterocycles. The maximum Gasteiger partial charge on any atom is 0.228 e. The van der Waals surface area contributed by atoms with E-state index in [2.05, 4.69) is 10.3 Å². The molecule has 17 heavy (non-hydrogen) atoms. The topological polar surface area (TPSA) is 62.2 Å². The fourth-order valence-electron chi connectivity index (χ4n) is 1.22. The fraction of sp³-hybridized carbons (Fsp3) is 0.636. The van der Waals surface area contributed by atoms with Crippen LogP contribution in [0.1, 0.15) is 26.0 Å². The van der Waals surface area contributed by atoms with Crippen molar-refractivity contribution in [1.82, 2.24) is 4.98 Å². The highest BCUT2D eigenvalue weighted by Gasteiger charge is 2.16. The van der Waals surface area contributed by atoms with Crippen LogP contribution in [0.5, 0.6) is 0 Å². The molecule has 1 aromatic rings. The van der Waals surface area contributed by atoms with E-state index in [9.17, 15) is 9.90 Å². The highest BCUT2D eigenvalue weighted by atomic mass is 32.2. The molecule has 1 atom stereocenters. The average molecular weight is 274 g/mol. The summed E-state index contributed by atoms with van der Waals surface area (Å²) in [5.41, 5.74) is 0.933. The normalized spacial score (nSPS) is 12.8. The van der Waals surface area contributed by atoms with E-state index in [-0.39, 0.29) is 18.2 Å². The van der Waals surface area contributed by atoms with Gasteiger partial charge in [0.15, 0.2) is 5.13 Å². The number of thioether (sulfide) groups is 1. The number of carbonyl (C=O) groups is 1. The minimum Gasteiger partial charge on any atom is -0.392 e. The van der Waals surface area contributed by atoms with Gasteiger partial charge < -0.3 is 10.4 Å². The summed E-state index contributed by atoms with van der Waals surface area (Å²) >= 11 is 3.08. The summed E-state index contributed by atoms with van der Waals surface area (Å²) < 4.78 is 1.10. The molecule has 0 fully saturated rings. The number of nitrogens with zero attached hydrogens (tertiary/aromatic N) is 1. The molecule has 0 aliphatic heterocycles. The number of amides is 1. The van der Waals surface area contributed by atoms with Crippen molar-refractivity contribution in [1.29, 1.82) is 0 Å². The van der Waals surface area contributed by atoms with Crippen LogP contribution in [0, 0.1) is 12.8 Å². The molecule has 0 bridgehead atoms. The zero-order chi connectivity index (χ0) is 13.0. The van der Waals surface area contributed by atoms with Crippen LogP contribution in [0.2, 0.25) is 0 Å². The molecule has 4 nitrogen and oxygen atoms in total. The molecule has 0 spiro atoms. The first kappa shape index (κ1) is 14.5. The SMILES string of the molecule is CSc1sc(NC(=O)CC(O)C(C)C)nc1C. The van der Waals surface area contributed by atoms with Crippen molar-refractivity contribution in [2.45, 2.75) is 37.5 Å². The van der Waals surface area contributed by atoms with Gasteiger partial charge in [-0.1, -0.05) is 25.2 Å². The predicted molar refractivity (Wildman–Crippen MR) is 72.7 cm³/mol. The van der Waals surface area contributed by atoms with Crippen molar-refractivity contribution >= 4 is 34.1 Å². The minimum atomic E-state index is -0.601. The van der Waals surface area contributed by atoms with Gasteiger partial charge in [0.25, 0.3) is 0 Å². The third kappa shape index (κ3) is 4.29. The summed E-state index contributed by atoms with van der Waals surface area (Å²) in [5, 5.41) is 12.9. The Bertz CT molecular complexity index is 391. The lowest BCUT2D eigenvalue weighted by Crippen LogP contribution is -2.23. The summed E-state index contributed by atoms with van der Waals surface area (Å²) in [6.07, 6.45) is 1.50. The maximum atomic E-state index is 11.6. The summed E-state index contributed by atoms with van der Waals surface area (Å²) in [7, 11) is 0. The van der Waals surface area contributed by atoms with E-state index in [1.807, 2.05) is 27.0 Å². The summed E-state index contributed by atoms with van der Waals surface area (Å²) in [5.74, 6) is -0.104. The molecule has 2 N–H and O–H groups in total. The average Bonchev–Trinajstić information content (AvgIpc) is 2.58. The van der Waals surface area contributed by atoms with Gasteiger partial charge >= 0.3 is 0 Å². The molecular weight excluding hydrogens is 256 g/mol. The van der Waals surface area contributed by atoms with E-state index in [0.29, 0.717) is 5.13 Å². The number of rotatable bonds is 5. The minimum absolute atomic E-state index is 0.0838. The lowest BCUT2D eigenvalue weighted by Gasteiger charge is -2.12. The van der Waals surface area contributed by atoms with Gasteiger partial charge in [-0.05, 0) is 19.1 Å². The Hall–Kier alpha value is -0.590. The van der Waals surface area contributed by atoms with Crippen LogP contribution in [0.4, 0.5) is 5.13 Å². The molecule has 1 rings (SSSR count). The van der Waals surface area contributed by atoms with E-state index in [1.165, 1.54) is 11.3 Å². The van der Waals surface area contributed by atoms with Gasteiger partial charge in [0.1, 0.15) is 0 Å². The highest BCUT2D eigenvalue weighted by molar-refractivity contribution is 8.00. The monoisotopic (exact) mass is 274 g/mol. The third-order valence-corrected chi connectivity index (χ3v) is 4.63. The molecule has 1 amide bonds. The van der Waals surface area contributed by atoms with Crippen molar-refractivity contribution < 1.29 is 9.90 Å². The number of hydrogen-bond acceptors (Lipinski definition) is 5. The van der Waals surface area contributed by atoms with E-state index < -0.39 is 6.10 Å². The Morgan fingerprint density at radius 2 is 2.24 bits per heavy atom. The number of thiazole rings is 1. The number of aryl methyl sites for hydroxylation is 1. The molecule has 0 aromatic carbocycles. The molecule has 1 aromatic heterocycles. The van der Waals surface area contributed by atoms with Crippen LogP contribution in [-0.4, -0.2) is 28.4 Å². The van der Waals surface area contributed by atoms with Gasteiger partial charge in [-0.25, -0.2) is 4.98 Å². The number of aliphatic hydroxyl groups is 1. The second-order valence-electron chi connectivity index (χ2n) is 4.16. The highest BCUT2D eigenvalue weighted by Crippen LogP contribution is 2.30. The molecular formula is C11H18N2O2S2. The maximum absolute atomic E-state index is 11.6. The lowest BCUT2D eigenvalue weighted by atomic mass is 10.0. The molecule has 6 heteroatoms. The molecule has 0 saturated carbocycles. The standard InChI is InChI=1S/C11H18N2O2S2/c1-6(2)8(14)5-9(15)13-11-12-7(3)10(16-4)17-11/h6,8,14H,5H2,1-4H3,(H,12,13,15). The first-order chi connectivity index (χ1) is 7.93. The molecule has 1 unspecified atom stereocenters.